The number of nitrogens with zero attached hydrogens (tertiary/aromatic N) is 3. The van der Waals surface area contributed by atoms with Crippen molar-refractivity contribution in [3.63, 3.8) is 0 Å². The molecule has 39 heavy (non-hydrogen) atoms. The number of hydrogen-bond acceptors (Lipinski definition) is 6. The number of ether oxygens (including phenoxy) is 2. The Hall–Kier alpha value is -4.17. The molecule has 1 unspecified atom stereocenters. The normalized spacial score (nSPS) is 12.1. The van der Waals surface area contributed by atoms with Crippen molar-refractivity contribution < 1.29 is 19.0 Å². The molecule has 0 aliphatic heterocycles. The standard InChI is InChI=1S/C32H33N3O4/c1-34-32(39-28-16-9-4-10-17-28)30(31(33-34)26-14-7-3-8-15-26)22-35(21-29-18-11-19-38-29)20-27(36)24-37-23-25-12-5-2-6-13-25/h2-19,27,36H,20-24H2,1H3. The van der Waals surface area contributed by atoms with Crippen molar-refractivity contribution in [3.05, 3.63) is 126 Å². The van der Waals surface area contributed by atoms with Crippen LogP contribution in [0.25, 0.3) is 11.3 Å². The highest BCUT2D eigenvalue weighted by Gasteiger charge is 2.24. The van der Waals surface area contributed by atoms with E-state index in [2.05, 4.69) is 4.90 Å². The fourth-order valence-electron chi connectivity index (χ4n) is 4.52. The summed E-state index contributed by atoms with van der Waals surface area (Å²) in [6, 6.07) is 33.5. The Balaban J connectivity index is 1.39. The highest BCUT2D eigenvalue weighted by Crippen LogP contribution is 2.34. The first-order chi connectivity index (χ1) is 19.2. The predicted molar refractivity (Wildman–Crippen MR) is 150 cm³/mol. The Labute approximate surface area is 228 Å². The van der Waals surface area contributed by atoms with E-state index < -0.39 is 6.10 Å². The lowest BCUT2D eigenvalue weighted by atomic mass is 10.1. The topological polar surface area (TPSA) is 72.9 Å². The Morgan fingerprint density at radius 1 is 0.872 bits per heavy atom. The molecule has 5 aromatic rings. The maximum atomic E-state index is 11.0. The summed E-state index contributed by atoms with van der Waals surface area (Å²) in [7, 11) is 1.89. The van der Waals surface area contributed by atoms with Gasteiger partial charge in [0.25, 0.3) is 0 Å². The number of rotatable bonds is 13. The van der Waals surface area contributed by atoms with Crippen LogP contribution in [0.4, 0.5) is 0 Å². The van der Waals surface area contributed by atoms with Gasteiger partial charge in [-0.15, -0.1) is 0 Å². The van der Waals surface area contributed by atoms with Crippen molar-refractivity contribution in [2.45, 2.75) is 25.8 Å². The second-order valence-corrected chi connectivity index (χ2v) is 9.44. The molecule has 7 heteroatoms. The highest BCUT2D eigenvalue weighted by atomic mass is 16.5. The molecular weight excluding hydrogens is 490 g/mol. The Morgan fingerprint density at radius 2 is 1.56 bits per heavy atom. The lowest BCUT2D eigenvalue weighted by Gasteiger charge is -2.25. The molecule has 0 aliphatic rings. The number of aromatic nitrogens is 2. The third kappa shape index (κ3) is 7.23. The number of aliphatic hydroxyl groups excluding tert-OH is 1. The van der Waals surface area contributed by atoms with E-state index in [9.17, 15) is 5.11 Å². The zero-order valence-corrected chi connectivity index (χ0v) is 22.0. The second-order valence-electron chi connectivity index (χ2n) is 9.44. The van der Waals surface area contributed by atoms with E-state index in [1.165, 1.54) is 0 Å². The number of benzene rings is 3. The Bertz CT molecular complexity index is 1400. The van der Waals surface area contributed by atoms with Gasteiger partial charge in [0.1, 0.15) is 17.2 Å². The van der Waals surface area contributed by atoms with Crippen LogP contribution in [0.3, 0.4) is 0 Å². The van der Waals surface area contributed by atoms with Crippen LogP contribution in [0.5, 0.6) is 11.6 Å². The van der Waals surface area contributed by atoms with Crippen molar-refractivity contribution in [2.24, 2.45) is 7.05 Å². The molecule has 2 aromatic heterocycles. The summed E-state index contributed by atoms with van der Waals surface area (Å²) in [6.45, 7) is 2.04. The third-order valence-electron chi connectivity index (χ3n) is 6.32. The number of hydrogen-bond donors (Lipinski definition) is 1. The van der Waals surface area contributed by atoms with Gasteiger partial charge in [-0.05, 0) is 29.8 Å². The van der Waals surface area contributed by atoms with E-state index in [1.807, 2.05) is 110 Å². The van der Waals surface area contributed by atoms with Crippen LogP contribution < -0.4 is 4.74 Å². The highest BCUT2D eigenvalue weighted by molar-refractivity contribution is 5.65. The lowest BCUT2D eigenvalue weighted by molar-refractivity contribution is 0.00606. The first-order valence-electron chi connectivity index (χ1n) is 13.0. The summed E-state index contributed by atoms with van der Waals surface area (Å²) >= 11 is 0. The summed E-state index contributed by atoms with van der Waals surface area (Å²) in [5.74, 6) is 2.19. The quantitative estimate of drug-likeness (QED) is 0.203. The Kier molecular flexibility index (Phi) is 8.86. The summed E-state index contributed by atoms with van der Waals surface area (Å²) < 4.78 is 19.6. The van der Waals surface area contributed by atoms with Crippen molar-refractivity contribution >= 4 is 0 Å². The van der Waals surface area contributed by atoms with Gasteiger partial charge in [-0.2, -0.15) is 5.10 Å². The molecule has 1 atom stereocenters. The van der Waals surface area contributed by atoms with Crippen LogP contribution in [0.1, 0.15) is 16.9 Å². The fraction of sp³-hybridized carbons (Fsp3) is 0.219. The lowest BCUT2D eigenvalue weighted by Crippen LogP contribution is -2.34. The summed E-state index contributed by atoms with van der Waals surface area (Å²) in [5, 5.41) is 15.8. The molecule has 0 fully saturated rings. The fourth-order valence-corrected chi connectivity index (χ4v) is 4.52. The van der Waals surface area contributed by atoms with E-state index in [0.29, 0.717) is 32.1 Å². The van der Waals surface area contributed by atoms with Gasteiger partial charge >= 0.3 is 0 Å². The van der Waals surface area contributed by atoms with Crippen molar-refractivity contribution in [1.29, 1.82) is 0 Å². The van der Waals surface area contributed by atoms with Gasteiger partial charge in [-0.3, -0.25) is 4.90 Å². The summed E-state index contributed by atoms with van der Waals surface area (Å²) in [5.41, 5.74) is 3.83. The molecule has 0 aliphatic carbocycles. The number of aliphatic hydroxyl groups is 1. The maximum Gasteiger partial charge on any atom is 0.222 e. The number of aryl methyl sites for hydroxylation is 1. The van der Waals surface area contributed by atoms with Gasteiger partial charge in [0.2, 0.25) is 5.88 Å². The van der Waals surface area contributed by atoms with Crippen molar-refractivity contribution in [3.8, 4) is 22.9 Å². The van der Waals surface area contributed by atoms with E-state index >= 15 is 0 Å². The van der Waals surface area contributed by atoms with Gasteiger partial charge in [0.15, 0.2) is 0 Å². The summed E-state index contributed by atoms with van der Waals surface area (Å²) in [6.07, 6.45) is 0.968. The minimum atomic E-state index is -0.695. The SMILES string of the molecule is Cn1nc(-c2ccccc2)c(CN(Cc2ccco2)CC(O)COCc2ccccc2)c1Oc1ccccc1. The minimum absolute atomic E-state index is 0.218. The minimum Gasteiger partial charge on any atom is -0.468 e. The molecule has 0 bridgehead atoms. The van der Waals surface area contributed by atoms with Crippen LogP contribution >= 0.6 is 0 Å². The largest absolute Gasteiger partial charge is 0.468 e. The van der Waals surface area contributed by atoms with Gasteiger partial charge in [-0.1, -0.05) is 78.9 Å². The molecular formula is C32H33N3O4. The molecule has 200 valence electrons. The average Bonchev–Trinajstić information content (AvgIpc) is 3.58. The van der Waals surface area contributed by atoms with Gasteiger partial charge < -0.3 is 19.0 Å². The van der Waals surface area contributed by atoms with Crippen LogP contribution in [-0.2, 0) is 31.5 Å². The third-order valence-corrected chi connectivity index (χ3v) is 6.32. The first-order valence-corrected chi connectivity index (χ1v) is 13.0. The van der Waals surface area contributed by atoms with E-state index in [-0.39, 0.29) is 6.61 Å². The molecule has 0 spiro atoms. The molecule has 3 aromatic carbocycles. The molecule has 0 radical (unpaired) electrons. The van der Waals surface area contributed by atoms with Crippen LogP contribution in [0.15, 0.2) is 114 Å². The van der Waals surface area contributed by atoms with Crippen molar-refractivity contribution in [1.82, 2.24) is 14.7 Å². The second kappa shape index (κ2) is 13.1. The maximum absolute atomic E-state index is 11.0. The van der Waals surface area contributed by atoms with E-state index in [4.69, 9.17) is 19.0 Å². The number of para-hydroxylation sites is 1. The molecule has 2 heterocycles. The summed E-state index contributed by atoms with van der Waals surface area (Å²) in [4.78, 5) is 2.14. The smallest absolute Gasteiger partial charge is 0.222 e. The van der Waals surface area contributed by atoms with Crippen LogP contribution in [-0.4, -0.2) is 39.0 Å². The van der Waals surface area contributed by atoms with Gasteiger partial charge in [-0.25, -0.2) is 4.68 Å². The molecule has 5 rings (SSSR count). The van der Waals surface area contributed by atoms with Crippen LogP contribution in [0.2, 0.25) is 0 Å². The zero-order valence-electron chi connectivity index (χ0n) is 22.0. The predicted octanol–water partition coefficient (Wildman–Crippen LogP) is 6.05. The van der Waals surface area contributed by atoms with Gasteiger partial charge in [0.05, 0.1) is 37.7 Å². The van der Waals surface area contributed by atoms with E-state index in [0.717, 1.165) is 33.9 Å². The average molecular weight is 524 g/mol. The van der Waals surface area contributed by atoms with E-state index in [1.54, 1.807) is 10.9 Å². The van der Waals surface area contributed by atoms with Gasteiger partial charge in [0, 0.05) is 25.7 Å². The molecule has 0 amide bonds. The van der Waals surface area contributed by atoms with Crippen LogP contribution in [0, 0.1) is 0 Å². The molecule has 7 nitrogen and oxygen atoms in total. The molecule has 0 saturated carbocycles. The first kappa shape index (κ1) is 26.4. The Morgan fingerprint density at radius 3 is 2.26 bits per heavy atom. The van der Waals surface area contributed by atoms with Crippen molar-refractivity contribution in [2.75, 3.05) is 13.2 Å². The number of furan rings is 1. The monoisotopic (exact) mass is 523 g/mol. The molecule has 1 N–H and O–H groups in total. The molecule has 0 saturated heterocycles. The zero-order chi connectivity index (χ0) is 26.9.